The van der Waals surface area contributed by atoms with Gasteiger partial charge in [-0.05, 0) is 61.9 Å². The number of hydrogen-bond acceptors (Lipinski definition) is 3. The van der Waals surface area contributed by atoms with Gasteiger partial charge in [-0.3, -0.25) is 4.79 Å². The number of likely N-dealkylation sites (tertiary alicyclic amines) is 1. The molecule has 5 heteroatoms. The fourth-order valence-corrected chi connectivity index (χ4v) is 5.67. The number of nitrogens with zero attached hydrogens (tertiary/aromatic N) is 3. The lowest BCUT2D eigenvalue weighted by Crippen LogP contribution is -2.37. The van der Waals surface area contributed by atoms with Crippen molar-refractivity contribution in [2.75, 3.05) is 13.2 Å². The van der Waals surface area contributed by atoms with E-state index in [-0.39, 0.29) is 5.92 Å². The SMILES string of the molecule is CCc1ccc(OCCCCn2c(C3CC(=O)N(C4CCCCC4)C3)nc3ccccc32)cc1. The van der Waals surface area contributed by atoms with Crippen molar-refractivity contribution in [1.29, 1.82) is 0 Å². The number of benzene rings is 2. The molecule has 34 heavy (non-hydrogen) atoms. The summed E-state index contributed by atoms with van der Waals surface area (Å²) in [5, 5.41) is 0. The lowest BCUT2D eigenvalue weighted by Gasteiger charge is -2.31. The average molecular weight is 460 g/mol. The van der Waals surface area contributed by atoms with E-state index in [0.717, 1.165) is 62.3 Å². The van der Waals surface area contributed by atoms with Gasteiger partial charge in [-0.15, -0.1) is 0 Å². The molecule has 0 spiro atoms. The molecule has 1 saturated carbocycles. The Bertz CT molecular complexity index is 1100. The number of ether oxygens (including phenoxy) is 1. The molecule has 3 aromatic rings. The Labute approximate surface area is 203 Å². The van der Waals surface area contributed by atoms with Gasteiger partial charge in [0.15, 0.2) is 0 Å². The van der Waals surface area contributed by atoms with E-state index in [1.165, 1.54) is 30.3 Å². The molecule has 1 aliphatic carbocycles. The van der Waals surface area contributed by atoms with Crippen LogP contribution in [0.5, 0.6) is 5.75 Å². The van der Waals surface area contributed by atoms with Crippen molar-refractivity contribution < 1.29 is 9.53 Å². The van der Waals surface area contributed by atoms with Crippen LogP contribution >= 0.6 is 0 Å². The molecule has 2 fully saturated rings. The first-order valence-electron chi connectivity index (χ1n) is 13.2. The maximum atomic E-state index is 12.9. The quantitative estimate of drug-likeness (QED) is 0.363. The van der Waals surface area contributed by atoms with Crippen LogP contribution in [0.15, 0.2) is 48.5 Å². The standard InChI is InChI=1S/C29H37N3O2/c1-2-22-14-16-25(17-15-22)34-19-9-8-18-31-27-13-7-6-12-26(27)30-29(31)23-20-28(33)32(21-23)24-10-4-3-5-11-24/h6-7,12-17,23-24H,2-5,8-11,18-21H2,1H3. The van der Waals surface area contributed by atoms with Crippen molar-refractivity contribution in [2.24, 2.45) is 0 Å². The Kier molecular flexibility index (Phi) is 7.17. The van der Waals surface area contributed by atoms with Crippen molar-refractivity contribution in [3.8, 4) is 5.75 Å². The van der Waals surface area contributed by atoms with Crippen LogP contribution in [0, 0.1) is 0 Å². The average Bonchev–Trinajstić information content (AvgIpc) is 3.45. The van der Waals surface area contributed by atoms with E-state index in [1.807, 2.05) is 0 Å². The number of unbranched alkanes of at least 4 members (excludes halogenated alkanes) is 1. The van der Waals surface area contributed by atoms with Gasteiger partial charge < -0.3 is 14.2 Å². The van der Waals surface area contributed by atoms with Crippen molar-refractivity contribution in [3.63, 3.8) is 0 Å². The Hall–Kier alpha value is -2.82. The summed E-state index contributed by atoms with van der Waals surface area (Å²) in [5.41, 5.74) is 3.55. The van der Waals surface area contributed by atoms with E-state index in [1.54, 1.807) is 0 Å². The first-order chi connectivity index (χ1) is 16.7. The molecule has 5 nitrogen and oxygen atoms in total. The number of rotatable bonds is 9. The summed E-state index contributed by atoms with van der Waals surface area (Å²) in [6.45, 7) is 4.61. The maximum Gasteiger partial charge on any atom is 0.223 e. The number of hydrogen-bond donors (Lipinski definition) is 0. The topological polar surface area (TPSA) is 47.4 Å². The molecule has 0 bridgehead atoms. The van der Waals surface area contributed by atoms with Crippen LogP contribution in [0.1, 0.15) is 75.6 Å². The first-order valence-corrected chi connectivity index (χ1v) is 13.2. The third-order valence-electron chi connectivity index (χ3n) is 7.60. The number of fused-ring (bicyclic) bond motifs is 1. The van der Waals surface area contributed by atoms with Gasteiger partial charge in [-0.25, -0.2) is 4.98 Å². The summed E-state index contributed by atoms with van der Waals surface area (Å²) in [6.07, 6.45) is 9.79. The van der Waals surface area contributed by atoms with E-state index in [0.29, 0.717) is 25.0 Å². The number of carbonyl (C=O) groups is 1. The molecule has 180 valence electrons. The van der Waals surface area contributed by atoms with Crippen LogP contribution < -0.4 is 4.74 Å². The Morgan fingerprint density at radius 1 is 1.00 bits per heavy atom. The Balaban J connectivity index is 1.23. The zero-order valence-corrected chi connectivity index (χ0v) is 20.4. The largest absolute Gasteiger partial charge is 0.494 e. The zero-order chi connectivity index (χ0) is 23.3. The molecule has 1 unspecified atom stereocenters. The van der Waals surface area contributed by atoms with Crippen LogP contribution in [0.25, 0.3) is 11.0 Å². The predicted molar refractivity (Wildman–Crippen MR) is 136 cm³/mol. The van der Waals surface area contributed by atoms with Gasteiger partial charge in [0.2, 0.25) is 5.91 Å². The number of imidazole rings is 1. The van der Waals surface area contributed by atoms with Crippen LogP contribution in [-0.2, 0) is 17.8 Å². The summed E-state index contributed by atoms with van der Waals surface area (Å²) in [4.78, 5) is 20.1. The molecule has 1 atom stereocenters. The van der Waals surface area contributed by atoms with E-state index in [9.17, 15) is 4.79 Å². The molecular weight excluding hydrogens is 422 g/mol. The van der Waals surface area contributed by atoms with Crippen molar-refractivity contribution in [3.05, 3.63) is 59.9 Å². The molecule has 0 radical (unpaired) electrons. The summed E-state index contributed by atoms with van der Waals surface area (Å²) in [6, 6.07) is 17.2. The second kappa shape index (κ2) is 10.6. The van der Waals surface area contributed by atoms with Crippen LogP contribution in [0.2, 0.25) is 0 Å². The molecule has 2 aliphatic rings. The smallest absolute Gasteiger partial charge is 0.223 e. The number of amides is 1. The number of para-hydroxylation sites is 2. The van der Waals surface area contributed by atoms with Gasteiger partial charge in [0.05, 0.1) is 17.6 Å². The fourth-order valence-electron chi connectivity index (χ4n) is 5.67. The van der Waals surface area contributed by atoms with Crippen molar-refractivity contribution in [2.45, 2.75) is 83.2 Å². The highest BCUT2D eigenvalue weighted by Crippen LogP contribution is 2.34. The molecule has 2 heterocycles. The maximum absolute atomic E-state index is 12.9. The first kappa shape index (κ1) is 22.9. The van der Waals surface area contributed by atoms with Gasteiger partial charge in [-0.1, -0.05) is 50.5 Å². The fraction of sp³-hybridized carbons (Fsp3) is 0.517. The Morgan fingerprint density at radius 2 is 1.79 bits per heavy atom. The van der Waals surface area contributed by atoms with Crippen LogP contribution in [0.4, 0.5) is 0 Å². The van der Waals surface area contributed by atoms with Gasteiger partial charge in [-0.2, -0.15) is 0 Å². The minimum Gasteiger partial charge on any atom is -0.494 e. The van der Waals surface area contributed by atoms with Crippen LogP contribution in [-0.4, -0.2) is 39.6 Å². The normalized spacial score (nSPS) is 19.3. The number of carbonyl (C=O) groups excluding carboxylic acids is 1. The van der Waals surface area contributed by atoms with E-state index < -0.39 is 0 Å². The molecule has 1 saturated heterocycles. The van der Waals surface area contributed by atoms with Crippen molar-refractivity contribution in [1.82, 2.24) is 14.5 Å². The highest BCUT2D eigenvalue weighted by atomic mass is 16.5. The minimum absolute atomic E-state index is 0.190. The molecule has 1 amide bonds. The molecular formula is C29H37N3O2. The third kappa shape index (κ3) is 4.98. The molecule has 0 N–H and O–H groups in total. The minimum atomic E-state index is 0.190. The highest BCUT2D eigenvalue weighted by molar-refractivity contribution is 5.81. The summed E-state index contributed by atoms with van der Waals surface area (Å²) in [5.74, 6) is 2.54. The van der Waals surface area contributed by atoms with Gasteiger partial charge >= 0.3 is 0 Å². The van der Waals surface area contributed by atoms with Gasteiger partial charge in [0, 0.05) is 31.5 Å². The predicted octanol–water partition coefficient (Wildman–Crippen LogP) is 6.11. The summed E-state index contributed by atoms with van der Waals surface area (Å²) >= 11 is 0. The zero-order valence-electron chi connectivity index (χ0n) is 20.4. The second-order valence-electron chi connectivity index (χ2n) is 9.90. The van der Waals surface area contributed by atoms with Gasteiger partial charge in [0.1, 0.15) is 11.6 Å². The summed E-state index contributed by atoms with van der Waals surface area (Å²) < 4.78 is 8.33. The van der Waals surface area contributed by atoms with E-state index in [2.05, 4.69) is 64.9 Å². The van der Waals surface area contributed by atoms with Crippen molar-refractivity contribution >= 4 is 16.9 Å². The lowest BCUT2D eigenvalue weighted by atomic mass is 9.94. The molecule has 1 aromatic heterocycles. The van der Waals surface area contributed by atoms with E-state index in [4.69, 9.17) is 9.72 Å². The monoisotopic (exact) mass is 459 g/mol. The van der Waals surface area contributed by atoms with E-state index >= 15 is 0 Å². The Morgan fingerprint density at radius 3 is 2.59 bits per heavy atom. The summed E-state index contributed by atoms with van der Waals surface area (Å²) in [7, 11) is 0. The third-order valence-corrected chi connectivity index (χ3v) is 7.60. The molecule has 2 aromatic carbocycles. The number of aryl methyl sites for hydroxylation is 2. The molecule has 5 rings (SSSR count). The lowest BCUT2D eigenvalue weighted by molar-refractivity contribution is -0.130. The molecule has 1 aliphatic heterocycles. The van der Waals surface area contributed by atoms with Gasteiger partial charge in [0.25, 0.3) is 0 Å². The highest BCUT2D eigenvalue weighted by Gasteiger charge is 2.37. The number of aromatic nitrogens is 2. The van der Waals surface area contributed by atoms with Crippen LogP contribution in [0.3, 0.4) is 0 Å². The second-order valence-corrected chi connectivity index (χ2v) is 9.90.